The predicted octanol–water partition coefficient (Wildman–Crippen LogP) is 8.23. The first-order valence-electron chi connectivity index (χ1n) is 12.0. The molecule has 2 heterocycles. The molecule has 0 atom stereocenters. The molecule has 36 heavy (non-hydrogen) atoms. The van der Waals surface area contributed by atoms with E-state index < -0.39 is 0 Å². The molecule has 4 nitrogen and oxygen atoms in total. The minimum atomic E-state index is 0.651. The molecule has 0 saturated heterocycles. The van der Waals surface area contributed by atoms with E-state index in [2.05, 4.69) is 49.4 Å². The largest absolute Gasteiger partial charge is 0.456 e. The van der Waals surface area contributed by atoms with Crippen molar-refractivity contribution in [1.82, 2.24) is 15.0 Å². The maximum atomic E-state index is 6.13. The Kier molecular flexibility index (Phi) is 4.64. The first kappa shape index (κ1) is 20.5. The fraction of sp³-hybridized carbons (Fsp3) is 0.0312. The topological polar surface area (TPSA) is 51.8 Å². The van der Waals surface area contributed by atoms with Crippen molar-refractivity contribution in [3.05, 3.63) is 115 Å². The zero-order chi connectivity index (χ0) is 24.1. The quantitative estimate of drug-likeness (QED) is 0.265. The van der Waals surface area contributed by atoms with Gasteiger partial charge in [0.25, 0.3) is 0 Å². The van der Waals surface area contributed by atoms with Crippen LogP contribution in [-0.2, 0) is 0 Å². The molecule has 0 radical (unpaired) electrons. The molecule has 7 rings (SSSR count). The summed E-state index contributed by atoms with van der Waals surface area (Å²) in [4.78, 5) is 14.6. The van der Waals surface area contributed by atoms with Gasteiger partial charge >= 0.3 is 0 Å². The average Bonchev–Trinajstić information content (AvgIpc) is 3.31. The van der Waals surface area contributed by atoms with E-state index in [-0.39, 0.29) is 0 Å². The van der Waals surface area contributed by atoms with Crippen molar-refractivity contribution >= 4 is 32.7 Å². The highest BCUT2D eigenvalue weighted by Gasteiger charge is 2.15. The molecule has 0 aliphatic heterocycles. The van der Waals surface area contributed by atoms with Crippen LogP contribution in [0.25, 0.3) is 66.9 Å². The van der Waals surface area contributed by atoms with Crippen LogP contribution in [0, 0.1) is 6.92 Å². The summed E-state index contributed by atoms with van der Waals surface area (Å²) in [6.07, 6.45) is 0. The summed E-state index contributed by atoms with van der Waals surface area (Å²) in [7, 11) is 0. The highest BCUT2D eigenvalue weighted by Crippen LogP contribution is 2.36. The van der Waals surface area contributed by atoms with Crippen molar-refractivity contribution < 1.29 is 4.42 Å². The average molecular weight is 464 g/mol. The fourth-order valence-corrected chi connectivity index (χ4v) is 4.80. The fourth-order valence-electron chi connectivity index (χ4n) is 4.80. The maximum Gasteiger partial charge on any atom is 0.164 e. The third kappa shape index (κ3) is 3.43. The Morgan fingerprint density at radius 1 is 0.500 bits per heavy atom. The molecule has 2 aromatic heterocycles. The van der Waals surface area contributed by atoms with Crippen molar-refractivity contribution in [2.45, 2.75) is 6.92 Å². The van der Waals surface area contributed by atoms with Gasteiger partial charge in [-0.15, -0.1) is 0 Å². The Hall–Kier alpha value is -4.83. The Labute approximate surface area is 207 Å². The molecule has 0 N–H and O–H groups in total. The van der Waals surface area contributed by atoms with Gasteiger partial charge in [-0.1, -0.05) is 90.5 Å². The molecule has 5 aromatic carbocycles. The van der Waals surface area contributed by atoms with E-state index in [1.807, 2.05) is 66.7 Å². The van der Waals surface area contributed by atoms with E-state index >= 15 is 0 Å². The molecule has 4 heteroatoms. The second-order valence-electron chi connectivity index (χ2n) is 9.01. The summed E-state index contributed by atoms with van der Waals surface area (Å²) in [5.41, 5.74) is 5.88. The summed E-state index contributed by atoms with van der Waals surface area (Å²) in [5.74, 6) is 1.97. The van der Waals surface area contributed by atoms with Crippen LogP contribution in [-0.4, -0.2) is 15.0 Å². The molecule has 0 fully saturated rings. The standard InChI is InChI=1S/C32H21N3O/c1-20-12-16-27-26(18-20)29-25-15-13-24(19-23(25)14-17-28(29)36-27)32-34-30(21-8-4-2-5-9-21)33-31(35-32)22-10-6-3-7-11-22/h2-19H,1H3. The molecule has 0 aliphatic rings. The minimum Gasteiger partial charge on any atom is -0.456 e. The van der Waals surface area contributed by atoms with Crippen LogP contribution in [0.2, 0.25) is 0 Å². The lowest BCUT2D eigenvalue weighted by atomic mass is 10.0. The van der Waals surface area contributed by atoms with E-state index in [0.29, 0.717) is 17.5 Å². The second-order valence-corrected chi connectivity index (χ2v) is 9.01. The van der Waals surface area contributed by atoms with Crippen LogP contribution < -0.4 is 0 Å². The van der Waals surface area contributed by atoms with Gasteiger partial charge in [0.1, 0.15) is 11.2 Å². The highest BCUT2D eigenvalue weighted by molar-refractivity contribution is 6.19. The van der Waals surface area contributed by atoms with Crippen LogP contribution in [0.1, 0.15) is 5.56 Å². The zero-order valence-corrected chi connectivity index (χ0v) is 19.6. The van der Waals surface area contributed by atoms with Gasteiger partial charge in [0, 0.05) is 27.5 Å². The van der Waals surface area contributed by atoms with Crippen molar-refractivity contribution in [3.8, 4) is 34.2 Å². The van der Waals surface area contributed by atoms with Gasteiger partial charge in [0.05, 0.1) is 0 Å². The molecule has 0 saturated carbocycles. The van der Waals surface area contributed by atoms with E-state index in [9.17, 15) is 0 Å². The number of hydrogen-bond acceptors (Lipinski definition) is 4. The van der Waals surface area contributed by atoms with Crippen molar-refractivity contribution in [2.75, 3.05) is 0 Å². The highest BCUT2D eigenvalue weighted by atomic mass is 16.3. The van der Waals surface area contributed by atoms with Gasteiger partial charge < -0.3 is 4.42 Å². The number of nitrogens with zero attached hydrogens (tertiary/aromatic N) is 3. The zero-order valence-electron chi connectivity index (χ0n) is 19.6. The first-order valence-corrected chi connectivity index (χ1v) is 12.0. The van der Waals surface area contributed by atoms with E-state index in [4.69, 9.17) is 19.4 Å². The first-order chi connectivity index (χ1) is 17.7. The Morgan fingerprint density at radius 2 is 1.11 bits per heavy atom. The van der Waals surface area contributed by atoms with Crippen molar-refractivity contribution in [2.24, 2.45) is 0 Å². The monoisotopic (exact) mass is 463 g/mol. The summed E-state index contributed by atoms with van der Waals surface area (Å²) < 4.78 is 6.13. The molecule has 0 amide bonds. The van der Waals surface area contributed by atoms with Crippen LogP contribution in [0.4, 0.5) is 0 Å². The van der Waals surface area contributed by atoms with E-state index in [1.165, 1.54) is 5.56 Å². The minimum absolute atomic E-state index is 0.651. The van der Waals surface area contributed by atoms with Gasteiger partial charge in [-0.2, -0.15) is 0 Å². The third-order valence-electron chi connectivity index (χ3n) is 6.56. The van der Waals surface area contributed by atoms with Gasteiger partial charge in [0.15, 0.2) is 17.5 Å². The summed E-state index contributed by atoms with van der Waals surface area (Å²) in [5, 5.41) is 4.55. The number of aryl methyl sites for hydroxylation is 1. The smallest absolute Gasteiger partial charge is 0.164 e. The Morgan fingerprint density at radius 3 is 1.78 bits per heavy atom. The van der Waals surface area contributed by atoms with Crippen LogP contribution in [0.5, 0.6) is 0 Å². The SMILES string of the molecule is Cc1ccc2oc3ccc4cc(-c5nc(-c6ccccc6)nc(-c6ccccc6)n5)ccc4c3c2c1. The normalized spacial score (nSPS) is 11.5. The van der Waals surface area contributed by atoms with Gasteiger partial charge in [0.2, 0.25) is 0 Å². The number of fused-ring (bicyclic) bond motifs is 5. The second kappa shape index (κ2) is 8.14. The predicted molar refractivity (Wildman–Crippen MR) is 146 cm³/mol. The lowest BCUT2D eigenvalue weighted by molar-refractivity contribution is 0.669. The van der Waals surface area contributed by atoms with E-state index in [1.54, 1.807) is 0 Å². The molecule has 7 aromatic rings. The van der Waals surface area contributed by atoms with Gasteiger partial charge in [-0.3, -0.25) is 0 Å². The molecule has 0 spiro atoms. The number of benzene rings is 5. The van der Waals surface area contributed by atoms with Gasteiger partial charge in [-0.05, 0) is 42.0 Å². The molecule has 170 valence electrons. The Balaban J connectivity index is 1.44. The van der Waals surface area contributed by atoms with E-state index in [0.717, 1.165) is 49.4 Å². The van der Waals surface area contributed by atoms with Gasteiger partial charge in [-0.25, -0.2) is 15.0 Å². The number of hydrogen-bond donors (Lipinski definition) is 0. The lowest BCUT2D eigenvalue weighted by Crippen LogP contribution is -2.00. The summed E-state index contributed by atoms with van der Waals surface area (Å²) in [6.45, 7) is 2.11. The summed E-state index contributed by atoms with van der Waals surface area (Å²) >= 11 is 0. The molecular weight excluding hydrogens is 442 g/mol. The van der Waals surface area contributed by atoms with Crippen LogP contribution in [0.15, 0.2) is 114 Å². The maximum absolute atomic E-state index is 6.13. The van der Waals surface area contributed by atoms with Crippen LogP contribution >= 0.6 is 0 Å². The molecule has 0 unspecified atom stereocenters. The number of furan rings is 1. The van der Waals surface area contributed by atoms with Crippen molar-refractivity contribution in [1.29, 1.82) is 0 Å². The third-order valence-corrected chi connectivity index (χ3v) is 6.56. The molecule has 0 bridgehead atoms. The lowest BCUT2D eigenvalue weighted by Gasteiger charge is -2.09. The van der Waals surface area contributed by atoms with Crippen LogP contribution in [0.3, 0.4) is 0 Å². The number of aromatic nitrogens is 3. The number of rotatable bonds is 3. The Bertz CT molecular complexity index is 1830. The van der Waals surface area contributed by atoms with Crippen molar-refractivity contribution in [3.63, 3.8) is 0 Å². The molecule has 0 aliphatic carbocycles. The summed E-state index contributed by atoms with van der Waals surface area (Å²) in [6, 6.07) is 37.0. The molecular formula is C32H21N3O.